The number of rotatable bonds is 7. The fraction of sp³-hybridized carbons (Fsp3) is 0.333. The van der Waals surface area contributed by atoms with Crippen LogP contribution in [0.2, 0.25) is 0 Å². The van der Waals surface area contributed by atoms with Crippen molar-refractivity contribution in [2.45, 2.75) is 18.2 Å². The van der Waals surface area contributed by atoms with Crippen molar-refractivity contribution in [1.82, 2.24) is 0 Å². The second-order valence-electron chi connectivity index (χ2n) is 4.08. The number of hydrogen-bond acceptors (Lipinski definition) is 4. The lowest BCUT2D eigenvalue weighted by molar-refractivity contribution is 0.305. The van der Waals surface area contributed by atoms with E-state index in [1.807, 2.05) is 13.0 Å². The van der Waals surface area contributed by atoms with E-state index >= 15 is 0 Å². The van der Waals surface area contributed by atoms with Crippen LogP contribution in [0.25, 0.3) is 0 Å². The number of hydrogen-bond donors (Lipinski definition) is 0. The van der Waals surface area contributed by atoms with Crippen LogP contribution in [0.3, 0.4) is 0 Å². The second kappa shape index (κ2) is 7.75. The summed E-state index contributed by atoms with van der Waals surface area (Å²) in [6, 6.07) is 6.35. The maximum atomic E-state index is 12.1. The predicted molar refractivity (Wildman–Crippen MR) is 79.6 cm³/mol. The fourth-order valence-corrected chi connectivity index (χ4v) is 2.68. The van der Waals surface area contributed by atoms with Crippen LogP contribution in [-0.2, 0) is 14.6 Å². The Morgan fingerprint density at radius 2 is 1.85 bits per heavy atom. The molecule has 0 atom stereocenters. The molecular formula is C15H20O4S. The molecule has 1 aromatic carbocycles. The van der Waals surface area contributed by atoms with Gasteiger partial charge in [-0.2, -0.15) is 0 Å². The summed E-state index contributed by atoms with van der Waals surface area (Å²) >= 11 is 0. The van der Waals surface area contributed by atoms with Gasteiger partial charge in [0.2, 0.25) is 0 Å². The van der Waals surface area contributed by atoms with E-state index in [-0.39, 0.29) is 10.6 Å². The third kappa shape index (κ3) is 4.74. The highest BCUT2D eigenvalue weighted by molar-refractivity contribution is 7.91. The Kier molecular flexibility index (Phi) is 6.31. The first-order chi connectivity index (χ1) is 9.53. The van der Waals surface area contributed by atoms with Gasteiger partial charge in [0.15, 0.2) is 9.84 Å². The van der Waals surface area contributed by atoms with Gasteiger partial charge in [0.25, 0.3) is 0 Å². The molecule has 0 spiro atoms. The Morgan fingerprint density at radius 3 is 2.35 bits per heavy atom. The van der Waals surface area contributed by atoms with E-state index < -0.39 is 9.84 Å². The molecule has 110 valence electrons. The van der Waals surface area contributed by atoms with Gasteiger partial charge in [0, 0.05) is 0 Å². The standard InChI is InChI=1S/C15H20O4S/c1-4-6-13(18-2)7-5-12-20(16,17)15-10-8-14(19-3)9-11-15/h5-11H,4,12H2,1-3H3/b7-5-,13-6+. The lowest BCUT2D eigenvalue weighted by atomic mass is 10.3. The van der Waals surface area contributed by atoms with Gasteiger partial charge in [-0.1, -0.05) is 13.0 Å². The first-order valence-corrected chi connectivity index (χ1v) is 7.96. The highest BCUT2D eigenvalue weighted by Gasteiger charge is 2.12. The predicted octanol–water partition coefficient (Wildman–Crippen LogP) is 2.97. The van der Waals surface area contributed by atoms with Gasteiger partial charge in [-0.05, 0) is 42.8 Å². The molecular weight excluding hydrogens is 276 g/mol. The summed E-state index contributed by atoms with van der Waals surface area (Å²) in [5.41, 5.74) is 0. The second-order valence-corrected chi connectivity index (χ2v) is 6.11. The average Bonchev–Trinajstić information content (AvgIpc) is 2.46. The van der Waals surface area contributed by atoms with E-state index in [1.165, 1.54) is 0 Å². The van der Waals surface area contributed by atoms with E-state index in [9.17, 15) is 8.42 Å². The molecule has 0 amide bonds. The van der Waals surface area contributed by atoms with E-state index in [0.717, 1.165) is 6.42 Å². The van der Waals surface area contributed by atoms with Crippen LogP contribution in [0.1, 0.15) is 13.3 Å². The van der Waals surface area contributed by atoms with Gasteiger partial charge in [0.05, 0.1) is 24.9 Å². The first-order valence-electron chi connectivity index (χ1n) is 6.31. The summed E-state index contributed by atoms with van der Waals surface area (Å²) < 4.78 is 34.3. The van der Waals surface area contributed by atoms with Crippen LogP contribution < -0.4 is 4.74 Å². The topological polar surface area (TPSA) is 52.6 Å². The molecule has 0 saturated carbocycles. The maximum absolute atomic E-state index is 12.1. The molecule has 0 aromatic heterocycles. The van der Waals surface area contributed by atoms with Crippen LogP contribution in [0.4, 0.5) is 0 Å². The van der Waals surface area contributed by atoms with Crippen molar-refractivity contribution in [3.63, 3.8) is 0 Å². The van der Waals surface area contributed by atoms with Crippen molar-refractivity contribution < 1.29 is 17.9 Å². The van der Waals surface area contributed by atoms with Crippen molar-refractivity contribution in [3.8, 4) is 5.75 Å². The Balaban J connectivity index is 2.79. The average molecular weight is 296 g/mol. The summed E-state index contributed by atoms with van der Waals surface area (Å²) in [4.78, 5) is 0.279. The minimum atomic E-state index is -3.33. The lowest BCUT2D eigenvalue weighted by Gasteiger charge is -2.04. The molecule has 0 aliphatic heterocycles. The molecule has 5 heteroatoms. The fourth-order valence-electron chi connectivity index (χ4n) is 1.59. The van der Waals surface area contributed by atoms with Crippen LogP contribution in [0.5, 0.6) is 5.75 Å². The van der Waals surface area contributed by atoms with Crippen molar-refractivity contribution in [1.29, 1.82) is 0 Å². The van der Waals surface area contributed by atoms with Gasteiger partial charge >= 0.3 is 0 Å². The summed E-state index contributed by atoms with van der Waals surface area (Å²) in [6.45, 7) is 1.99. The van der Waals surface area contributed by atoms with Crippen molar-refractivity contribution in [3.05, 3.63) is 48.3 Å². The molecule has 0 bridgehead atoms. The minimum Gasteiger partial charge on any atom is -0.497 e. The number of ether oxygens (including phenoxy) is 2. The van der Waals surface area contributed by atoms with E-state index in [0.29, 0.717) is 11.5 Å². The monoisotopic (exact) mass is 296 g/mol. The summed E-state index contributed by atoms with van der Waals surface area (Å²) in [5.74, 6) is 1.23. The van der Waals surface area contributed by atoms with Gasteiger partial charge in [0.1, 0.15) is 11.5 Å². The number of allylic oxidation sites excluding steroid dienone is 2. The zero-order chi connectivity index (χ0) is 15.0. The van der Waals surface area contributed by atoms with Gasteiger partial charge in [-0.3, -0.25) is 0 Å². The smallest absolute Gasteiger partial charge is 0.181 e. The molecule has 0 radical (unpaired) electrons. The Bertz CT molecular complexity index is 568. The summed E-state index contributed by atoms with van der Waals surface area (Å²) in [6.07, 6.45) is 5.98. The van der Waals surface area contributed by atoms with Crippen molar-refractivity contribution in [2.75, 3.05) is 20.0 Å². The third-order valence-corrected chi connectivity index (χ3v) is 4.28. The Hall–Kier alpha value is -1.75. The zero-order valence-corrected chi connectivity index (χ0v) is 12.8. The molecule has 0 heterocycles. The Morgan fingerprint density at radius 1 is 1.20 bits per heavy atom. The van der Waals surface area contributed by atoms with Crippen LogP contribution >= 0.6 is 0 Å². The van der Waals surface area contributed by atoms with Crippen molar-refractivity contribution >= 4 is 9.84 Å². The van der Waals surface area contributed by atoms with Gasteiger partial charge in [-0.15, -0.1) is 0 Å². The van der Waals surface area contributed by atoms with Crippen LogP contribution in [-0.4, -0.2) is 28.4 Å². The SMILES string of the molecule is CC/C=C(\C=C/CS(=O)(=O)c1ccc(OC)cc1)OC. The minimum absolute atomic E-state index is 0.0657. The highest BCUT2D eigenvalue weighted by atomic mass is 32.2. The number of benzene rings is 1. The van der Waals surface area contributed by atoms with E-state index in [4.69, 9.17) is 9.47 Å². The molecule has 0 aliphatic carbocycles. The highest BCUT2D eigenvalue weighted by Crippen LogP contribution is 2.17. The summed E-state index contributed by atoms with van der Waals surface area (Å²) in [5, 5.41) is 0. The van der Waals surface area contributed by atoms with E-state index in [1.54, 1.807) is 50.6 Å². The molecule has 0 fully saturated rings. The first kappa shape index (κ1) is 16.3. The summed E-state index contributed by atoms with van der Waals surface area (Å²) in [7, 11) is -0.230. The normalized spacial score (nSPS) is 12.7. The molecule has 1 rings (SSSR count). The molecule has 0 aliphatic rings. The molecule has 0 N–H and O–H groups in total. The third-order valence-electron chi connectivity index (χ3n) is 2.66. The molecule has 4 nitrogen and oxygen atoms in total. The van der Waals surface area contributed by atoms with Crippen LogP contribution in [0, 0.1) is 0 Å². The number of sulfone groups is 1. The Labute approximate surface area is 120 Å². The molecule has 20 heavy (non-hydrogen) atoms. The van der Waals surface area contributed by atoms with Gasteiger partial charge < -0.3 is 9.47 Å². The number of methoxy groups -OCH3 is 2. The van der Waals surface area contributed by atoms with Gasteiger partial charge in [-0.25, -0.2) is 8.42 Å². The van der Waals surface area contributed by atoms with Crippen molar-refractivity contribution in [2.24, 2.45) is 0 Å². The van der Waals surface area contributed by atoms with Crippen LogP contribution in [0.15, 0.2) is 53.1 Å². The molecule has 1 aromatic rings. The lowest BCUT2D eigenvalue weighted by Crippen LogP contribution is -2.04. The molecule has 0 saturated heterocycles. The largest absolute Gasteiger partial charge is 0.497 e. The quantitative estimate of drug-likeness (QED) is 0.573. The van der Waals surface area contributed by atoms with E-state index in [2.05, 4.69) is 0 Å². The molecule has 0 unspecified atom stereocenters. The zero-order valence-electron chi connectivity index (χ0n) is 12.0. The maximum Gasteiger partial charge on any atom is 0.181 e.